The van der Waals surface area contributed by atoms with Crippen LogP contribution in [0.2, 0.25) is 5.02 Å². The van der Waals surface area contributed by atoms with Crippen molar-refractivity contribution in [2.75, 3.05) is 6.54 Å². The van der Waals surface area contributed by atoms with Gasteiger partial charge in [0.05, 0.1) is 6.07 Å². The van der Waals surface area contributed by atoms with Gasteiger partial charge in [-0.3, -0.25) is 4.90 Å². The van der Waals surface area contributed by atoms with Crippen LogP contribution in [0.15, 0.2) is 18.2 Å². The minimum absolute atomic E-state index is 0.597. The van der Waals surface area contributed by atoms with Crippen molar-refractivity contribution < 1.29 is 0 Å². The van der Waals surface area contributed by atoms with E-state index in [9.17, 15) is 0 Å². The number of aryl methyl sites for hydroxylation is 1. The Hall–Kier alpha value is -1.04. The number of nitriles is 1. The molecule has 0 saturated heterocycles. The summed E-state index contributed by atoms with van der Waals surface area (Å²) in [4.78, 5) is 2.37. The van der Waals surface area contributed by atoms with Crippen molar-refractivity contribution in [3.05, 3.63) is 34.3 Å². The number of halogens is 1. The number of rotatable bonds is 5. The monoisotopic (exact) mass is 248 g/mol. The summed E-state index contributed by atoms with van der Waals surface area (Å²) in [6.07, 6.45) is 3.11. The zero-order chi connectivity index (χ0) is 12.3. The van der Waals surface area contributed by atoms with Crippen LogP contribution < -0.4 is 0 Å². The maximum atomic E-state index is 8.67. The van der Waals surface area contributed by atoms with Crippen molar-refractivity contribution in [3.63, 3.8) is 0 Å². The third kappa shape index (κ3) is 3.46. The molecule has 0 aliphatic heterocycles. The van der Waals surface area contributed by atoms with Gasteiger partial charge in [-0.2, -0.15) is 5.26 Å². The van der Waals surface area contributed by atoms with Gasteiger partial charge in [0.2, 0.25) is 0 Å². The average molecular weight is 249 g/mol. The molecule has 1 aromatic carbocycles. The molecule has 1 aromatic rings. The van der Waals surface area contributed by atoms with Crippen LogP contribution in [-0.4, -0.2) is 17.5 Å². The summed E-state index contributed by atoms with van der Waals surface area (Å²) in [7, 11) is 0. The largest absolute Gasteiger partial charge is 0.295 e. The second-order valence-corrected chi connectivity index (χ2v) is 5.11. The standard InChI is InChI=1S/C14H17ClN2/c1-11-3-4-12(14(15)9-11)10-17(8-2-7-16)13-5-6-13/h3-4,9,13H,2,5-6,8,10H2,1H3. The number of hydrogen-bond acceptors (Lipinski definition) is 2. The fourth-order valence-corrected chi connectivity index (χ4v) is 2.32. The molecule has 0 atom stereocenters. The predicted octanol–water partition coefficient (Wildman–Crippen LogP) is 3.53. The van der Waals surface area contributed by atoms with Gasteiger partial charge in [0.15, 0.2) is 0 Å². The van der Waals surface area contributed by atoms with E-state index in [1.165, 1.54) is 24.0 Å². The van der Waals surface area contributed by atoms with Crippen LogP contribution in [0.4, 0.5) is 0 Å². The third-order valence-electron chi connectivity index (χ3n) is 3.16. The van der Waals surface area contributed by atoms with Crippen molar-refractivity contribution >= 4 is 11.6 Å². The zero-order valence-corrected chi connectivity index (χ0v) is 10.9. The molecular weight excluding hydrogens is 232 g/mol. The molecule has 1 fully saturated rings. The quantitative estimate of drug-likeness (QED) is 0.797. The Balaban J connectivity index is 2.03. The van der Waals surface area contributed by atoms with Crippen molar-refractivity contribution in [1.82, 2.24) is 4.90 Å². The molecule has 1 aliphatic carbocycles. The Morgan fingerprint density at radius 1 is 1.47 bits per heavy atom. The molecule has 0 bridgehead atoms. The normalized spacial score (nSPS) is 14.9. The molecular formula is C14H17ClN2. The highest BCUT2D eigenvalue weighted by Gasteiger charge is 2.28. The molecule has 2 nitrogen and oxygen atoms in total. The van der Waals surface area contributed by atoms with Crippen LogP contribution in [0.5, 0.6) is 0 Å². The SMILES string of the molecule is Cc1ccc(CN(CCC#N)C2CC2)c(Cl)c1. The molecule has 1 aliphatic rings. The zero-order valence-electron chi connectivity index (χ0n) is 10.1. The lowest BCUT2D eigenvalue weighted by Crippen LogP contribution is -2.26. The van der Waals surface area contributed by atoms with Crippen molar-refractivity contribution in [1.29, 1.82) is 5.26 Å². The summed E-state index contributed by atoms with van der Waals surface area (Å²) in [5, 5.41) is 9.51. The van der Waals surface area contributed by atoms with Gasteiger partial charge >= 0.3 is 0 Å². The van der Waals surface area contributed by atoms with Crippen LogP contribution in [0, 0.1) is 18.3 Å². The van der Waals surface area contributed by atoms with E-state index in [-0.39, 0.29) is 0 Å². The molecule has 3 heteroatoms. The molecule has 1 saturated carbocycles. The summed E-state index contributed by atoms with van der Waals surface area (Å²) in [6.45, 7) is 3.76. The minimum Gasteiger partial charge on any atom is -0.295 e. The number of benzene rings is 1. The average Bonchev–Trinajstić information content (AvgIpc) is 3.11. The first-order chi connectivity index (χ1) is 8.20. The van der Waals surface area contributed by atoms with Gasteiger partial charge in [-0.05, 0) is 37.0 Å². The van der Waals surface area contributed by atoms with E-state index < -0.39 is 0 Å². The van der Waals surface area contributed by atoms with E-state index in [0.717, 1.165) is 18.1 Å². The molecule has 90 valence electrons. The molecule has 0 unspecified atom stereocenters. The van der Waals surface area contributed by atoms with Gasteiger partial charge in [-0.1, -0.05) is 23.7 Å². The Bertz CT molecular complexity index is 432. The molecule has 0 N–H and O–H groups in total. The minimum atomic E-state index is 0.597. The molecule has 0 amide bonds. The van der Waals surface area contributed by atoms with Crippen LogP contribution in [0.3, 0.4) is 0 Å². The summed E-state index contributed by atoms with van der Waals surface area (Å²) >= 11 is 6.24. The fraction of sp³-hybridized carbons (Fsp3) is 0.500. The summed E-state index contributed by atoms with van der Waals surface area (Å²) in [5.74, 6) is 0. The van der Waals surface area contributed by atoms with E-state index in [1.54, 1.807) is 0 Å². The van der Waals surface area contributed by atoms with Crippen LogP contribution >= 0.6 is 11.6 Å². The lowest BCUT2D eigenvalue weighted by molar-refractivity contribution is 0.261. The highest BCUT2D eigenvalue weighted by molar-refractivity contribution is 6.31. The number of hydrogen-bond donors (Lipinski definition) is 0. The van der Waals surface area contributed by atoms with E-state index in [0.29, 0.717) is 12.5 Å². The van der Waals surface area contributed by atoms with Crippen LogP contribution in [0.1, 0.15) is 30.4 Å². The summed E-state index contributed by atoms with van der Waals surface area (Å²) in [5.41, 5.74) is 2.36. The van der Waals surface area contributed by atoms with Gasteiger partial charge in [0.25, 0.3) is 0 Å². The van der Waals surface area contributed by atoms with Gasteiger partial charge in [-0.25, -0.2) is 0 Å². The highest BCUT2D eigenvalue weighted by atomic mass is 35.5. The van der Waals surface area contributed by atoms with Crippen LogP contribution in [0.25, 0.3) is 0 Å². The Morgan fingerprint density at radius 2 is 2.24 bits per heavy atom. The Labute approximate surface area is 108 Å². The van der Waals surface area contributed by atoms with Crippen molar-refractivity contribution in [3.8, 4) is 6.07 Å². The van der Waals surface area contributed by atoms with E-state index in [4.69, 9.17) is 16.9 Å². The fourth-order valence-electron chi connectivity index (χ4n) is 2.02. The van der Waals surface area contributed by atoms with E-state index >= 15 is 0 Å². The highest BCUT2D eigenvalue weighted by Crippen LogP contribution is 2.30. The maximum Gasteiger partial charge on any atom is 0.0635 e. The van der Waals surface area contributed by atoms with Gasteiger partial charge in [-0.15, -0.1) is 0 Å². The van der Waals surface area contributed by atoms with Gasteiger partial charge in [0, 0.05) is 30.6 Å². The summed E-state index contributed by atoms with van der Waals surface area (Å²) in [6, 6.07) is 9.08. The predicted molar refractivity (Wildman–Crippen MR) is 69.9 cm³/mol. The Morgan fingerprint density at radius 3 is 2.82 bits per heavy atom. The maximum absolute atomic E-state index is 8.67. The first kappa shape index (κ1) is 12.4. The summed E-state index contributed by atoms with van der Waals surface area (Å²) < 4.78 is 0. The molecule has 0 radical (unpaired) electrons. The lowest BCUT2D eigenvalue weighted by atomic mass is 10.1. The second-order valence-electron chi connectivity index (χ2n) is 4.70. The molecule has 0 spiro atoms. The second kappa shape index (κ2) is 5.53. The van der Waals surface area contributed by atoms with Crippen molar-refractivity contribution in [2.24, 2.45) is 0 Å². The first-order valence-corrected chi connectivity index (χ1v) is 6.44. The lowest BCUT2D eigenvalue weighted by Gasteiger charge is -2.21. The molecule has 0 heterocycles. The topological polar surface area (TPSA) is 27.0 Å². The number of nitrogens with zero attached hydrogens (tertiary/aromatic N) is 2. The first-order valence-electron chi connectivity index (χ1n) is 6.06. The molecule has 2 rings (SSSR count). The smallest absolute Gasteiger partial charge is 0.0635 e. The van der Waals surface area contributed by atoms with E-state index in [2.05, 4.69) is 23.1 Å². The third-order valence-corrected chi connectivity index (χ3v) is 3.51. The van der Waals surface area contributed by atoms with Crippen LogP contribution in [-0.2, 0) is 6.54 Å². The van der Waals surface area contributed by atoms with E-state index in [1.807, 2.05) is 13.0 Å². The molecule has 17 heavy (non-hydrogen) atoms. The van der Waals surface area contributed by atoms with Gasteiger partial charge in [0.1, 0.15) is 0 Å². The Kier molecular flexibility index (Phi) is 4.04. The van der Waals surface area contributed by atoms with Gasteiger partial charge < -0.3 is 0 Å². The van der Waals surface area contributed by atoms with Crippen molar-refractivity contribution in [2.45, 2.75) is 38.8 Å². The molecule has 0 aromatic heterocycles.